The summed E-state index contributed by atoms with van der Waals surface area (Å²) in [7, 11) is 0. The van der Waals surface area contributed by atoms with Gasteiger partial charge < -0.3 is 15.7 Å². The van der Waals surface area contributed by atoms with Crippen LogP contribution in [0.25, 0.3) is 0 Å². The molecule has 0 aliphatic rings. The number of carboxylic acid groups (broad SMARTS) is 1. The maximum absolute atomic E-state index is 12.3. The molecule has 0 fully saturated rings. The molecule has 6 heteroatoms. The third kappa shape index (κ3) is 4.92. The Balaban J connectivity index is 2.03. The molecule has 0 saturated heterocycles. The molecule has 0 aliphatic carbocycles. The Morgan fingerprint density at radius 1 is 0.923 bits per heavy atom. The molecule has 2 aromatic rings. The van der Waals surface area contributed by atoms with Crippen LogP contribution in [0.5, 0.6) is 0 Å². The molecule has 0 spiro atoms. The molecule has 0 bridgehead atoms. The Bertz CT molecular complexity index is 772. The fourth-order valence-corrected chi connectivity index (χ4v) is 2.41. The zero-order valence-electron chi connectivity index (χ0n) is 14.7. The van der Waals surface area contributed by atoms with Crippen LogP contribution in [0, 0.1) is 5.92 Å². The molecule has 0 saturated carbocycles. The lowest BCUT2D eigenvalue weighted by Gasteiger charge is -2.20. The highest BCUT2D eigenvalue weighted by molar-refractivity contribution is 6.04. The van der Waals surface area contributed by atoms with Crippen molar-refractivity contribution < 1.29 is 19.5 Å². The van der Waals surface area contributed by atoms with E-state index in [1.807, 2.05) is 13.0 Å². The zero-order chi connectivity index (χ0) is 19.1. The third-order valence-corrected chi connectivity index (χ3v) is 4.21. The number of hydrogen-bond acceptors (Lipinski definition) is 3. The van der Waals surface area contributed by atoms with Gasteiger partial charge in [-0.05, 0) is 42.3 Å². The van der Waals surface area contributed by atoms with Crippen LogP contribution in [-0.2, 0) is 4.79 Å². The summed E-state index contributed by atoms with van der Waals surface area (Å²) < 4.78 is 0. The lowest BCUT2D eigenvalue weighted by Crippen LogP contribution is -2.45. The summed E-state index contributed by atoms with van der Waals surface area (Å²) in [6.07, 6.45) is 0.641. The van der Waals surface area contributed by atoms with Crippen LogP contribution in [0.1, 0.15) is 41.0 Å². The van der Waals surface area contributed by atoms with Gasteiger partial charge in [-0.1, -0.05) is 38.5 Å². The van der Waals surface area contributed by atoms with E-state index >= 15 is 0 Å². The molecular weight excluding hydrogens is 332 g/mol. The first-order chi connectivity index (χ1) is 12.4. The largest absolute Gasteiger partial charge is 0.480 e. The van der Waals surface area contributed by atoms with Gasteiger partial charge in [-0.25, -0.2) is 4.79 Å². The van der Waals surface area contributed by atoms with Crippen molar-refractivity contribution in [3.05, 3.63) is 65.7 Å². The predicted molar refractivity (Wildman–Crippen MR) is 99.2 cm³/mol. The molecule has 2 atom stereocenters. The molecule has 0 aromatic heterocycles. The summed E-state index contributed by atoms with van der Waals surface area (Å²) in [5.41, 5.74) is 1.41. The second-order valence-corrected chi connectivity index (χ2v) is 6.07. The van der Waals surface area contributed by atoms with E-state index in [1.165, 1.54) is 0 Å². The minimum Gasteiger partial charge on any atom is -0.480 e. The van der Waals surface area contributed by atoms with Crippen LogP contribution >= 0.6 is 0 Å². The van der Waals surface area contributed by atoms with Crippen LogP contribution in [0.4, 0.5) is 5.69 Å². The standard InChI is InChI=1S/C20H22N2O4/c1-3-13(2)17(20(25)26)22-19(24)15-9-11-16(12-10-15)21-18(23)14-7-5-4-6-8-14/h4-13,17H,3H2,1-2H3,(H,21,23)(H,22,24)(H,25,26). The number of hydrogen-bond donors (Lipinski definition) is 3. The highest BCUT2D eigenvalue weighted by atomic mass is 16.4. The first-order valence-corrected chi connectivity index (χ1v) is 8.42. The first kappa shape index (κ1) is 19.2. The lowest BCUT2D eigenvalue weighted by atomic mass is 9.99. The van der Waals surface area contributed by atoms with Crippen molar-refractivity contribution in [1.29, 1.82) is 0 Å². The smallest absolute Gasteiger partial charge is 0.326 e. The third-order valence-electron chi connectivity index (χ3n) is 4.21. The molecule has 26 heavy (non-hydrogen) atoms. The normalized spacial score (nSPS) is 12.7. The molecule has 2 amide bonds. The SMILES string of the molecule is CCC(C)C(NC(=O)c1ccc(NC(=O)c2ccccc2)cc1)C(=O)O. The maximum Gasteiger partial charge on any atom is 0.326 e. The van der Waals surface area contributed by atoms with E-state index in [2.05, 4.69) is 10.6 Å². The molecular formula is C20H22N2O4. The Kier molecular flexibility index (Phi) is 6.49. The molecule has 0 aliphatic heterocycles. The number of amides is 2. The summed E-state index contributed by atoms with van der Waals surface area (Å²) in [6.45, 7) is 3.65. The van der Waals surface area contributed by atoms with Crippen LogP contribution < -0.4 is 10.6 Å². The Hall–Kier alpha value is -3.15. The minimum atomic E-state index is -1.06. The van der Waals surface area contributed by atoms with Gasteiger partial charge in [0.25, 0.3) is 11.8 Å². The molecule has 3 N–H and O–H groups in total. The number of aliphatic carboxylic acids is 1. The zero-order valence-corrected chi connectivity index (χ0v) is 14.7. The summed E-state index contributed by atoms with van der Waals surface area (Å²) >= 11 is 0. The molecule has 2 unspecified atom stereocenters. The molecule has 6 nitrogen and oxygen atoms in total. The number of rotatable bonds is 7. The van der Waals surface area contributed by atoms with Crippen LogP contribution in [0.2, 0.25) is 0 Å². The van der Waals surface area contributed by atoms with E-state index in [0.717, 1.165) is 0 Å². The fourth-order valence-electron chi connectivity index (χ4n) is 2.41. The molecule has 0 radical (unpaired) electrons. The highest BCUT2D eigenvalue weighted by Gasteiger charge is 2.25. The van der Waals surface area contributed by atoms with Crippen molar-refractivity contribution in [3.63, 3.8) is 0 Å². The second-order valence-electron chi connectivity index (χ2n) is 6.07. The second kappa shape index (κ2) is 8.80. The number of nitrogens with one attached hydrogen (secondary N) is 2. The monoisotopic (exact) mass is 354 g/mol. The van der Waals surface area contributed by atoms with Gasteiger partial charge in [0.2, 0.25) is 0 Å². The van der Waals surface area contributed by atoms with Crippen molar-refractivity contribution >= 4 is 23.5 Å². The van der Waals surface area contributed by atoms with Crippen molar-refractivity contribution in [2.24, 2.45) is 5.92 Å². The van der Waals surface area contributed by atoms with Crippen molar-refractivity contribution in [2.75, 3.05) is 5.32 Å². The van der Waals surface area contributed by atoms with Gasteiger partial charge in [0, 0.05) is 16.8 Å². The number of benzene rings is 2. The van der Waals surface area contributed by atoms with E-state index in [0.29, 0.717) is 23.2 Å². The van der Waals surface area contributed by atoms with Crippen molar-refractivity contribution in [3.8, 4) is 0 Å². The summed E-state index contributed by atoms with van der Waals surface area (Å²) in [5.74, 6) is -1.94. The Morgan fingerprint density at radius 2 is 1.50 bits per heavy atom. The summed E-state index contributed by atoms with van der Waals surface area (Å²) in [6, 6.07) is 14.2. The van der Waals surface area contributed by atoms with Gasteiger partial charge in [0.15, 0.2) is 0 Å². The van der Waals surface area contributed by atoms with E-state index in [1.54, 1.807) is 55.5 Å². The van der Waals surface area contributed by atoms with Crippen molar-refractivity contribution in [2.45, 2.75) is 26.3 Å². The van der Waals surface area contributed by atoms with Gasteiger partial charge in [-0.2, -0.15) is 0 Å². The van der Waals surface area contributed by atoms with E-state index < -0.39 is 17.9 Å². The molecule has 2 rings (SSSR count). The van der Waals surface area contributed by atoms with E-state index in [4.69, 9.17) is 0 Å². The molecule has 136 valence electrons. The average molecular weight is 354 g/mol. The number of anilines is 1. The highest BCUT2D eigenvalue weighted by Crippen LogP contribution is 2.13. The van der Waals surface area contributed by atoms with Gasteiger partial charge in [-0.3, -0.25) is 9.59 Å². The molecule has 2 aromatic carbocycles. The van der Waals surface area contributed by atoms with Crippen LogP contribution in [0.3, 0.4) is 0 Å². The topological polar surface area (TPSA) is 95.5 Å². The lowest BCUT2D eigenvalue weighted by molar-refractivity contribution is -0.140. The number of carbonyl (C=O) groups excluding carboxylic acids is 2. The van der Waals surface area contributed by atoms with Gasteiger partial charge >= 0.3 is 5.97 Å². The number of carboxylic acids is 1. The predicted octanol–water partition coefficient (Wildman–Crippen LogP) is 3.17. The average Bonchev–Trinajstić information content (AvgIpc) is 2.66. The first-order valence-electron chi connectivity index (χ1n) is 8.42. The Labute approximate surface area is 152 Å². The van der Waals surface area contributed by atoms with Gasteiger partial charge in [0.05, 0.1) is 0 Å². The number of carbonyl (C=O) groups is 3. The fraction of sp³-hybridized carbons (Fsp3) is 0.250. The Morgan fingerprint density at radius 3 is 2.04 bits per heavy atom. The molecule has 0 heterocycles. The van der Waals surface area contributed by atoms with E-state index in [9.17, 15) is 19.5 Å². The van der Waals surface area contributed by atoms with Crippen LogP contribution in [0.15, 0.2) is 54.6 Å². The van der Waals surface area contributed by atoms with Gasteiger partial charge in [0.1, 0.15) is 6.04 Å². The van der Waals surface area contributed by atoms with Crippen LogP contribution in [-0.4, -0.2) is 28.9 Å². The summed E-state index contributed by atoms with van der Waals surface area (Å²) in [4.78, 5) is 35.7. The maximum atomic E-state index is 12.3. The minimum absolute atomic E-state index is 0.180. The van der Waals surface area contributed by atoms with E-state index in [-0.39, 0.29) is 11.8 Å². The summed E-state index contributed by atoms with van der Waals surface area (Å²) in [5, 5.41) is 14.5. The quantitative estimate of drug-likeness (QED) is 0.712. The van der Waals surface area contributed by atoms with Crippen molar-refractivity contribution in [1.82, 2.24) is 5.32 Å². The van der Waals surface area contributed by atoms with Gasteiger partial charge in [-0.15, -0.1) is 0 Å².